The molecule has 0 aliphatic heterocycles. The Bertz CT molecular complexity index is 513. The molecule has 1 unspecified atom stereocenters. The third kappa shape index (κ3) is 5.35. The minimum Gasteiger partial charge on any atom is -0.316 e. The van der Waals surface area contributed by atoms with E-state index in [1.54, 1.807) is 0 Å². The summed E-state index contributed by atoms with van der Waals surface area (Å²) in [6, 6.07) is 19.8. The van der Waals surface area contributed by atoms with E-state index in [1.807, 2.05) is 0 Å². The fraction of sp³-hybridized carbons (Fsp3) is 0.400. The lowest BCUT2D eigenvalue weighted by atomic mass is 9.91. The van der Waals surface area contributed by atoms with Gasteiger partial charge in [-0.2, -0.15) is 0 Å². The molecule has 0 heterocycles. The van der Waals surface area contributed by atoms with Crippen molar-refractivity contribution in [3.8, 4) is 0 Å². The highest BCUT2D eigenvalue weighted by Crippen LogP contribution is 2.21. The summed E-state index contributed by atoms with van der Waals surface area (Å²) in [6.07, 6.45) is 1.09. The normalized spacial score (nSPS) is 12.6. The molecule has 0 aromatic heterocycles. The minimum absolute atomic E-state index is 0.534. The molecule has 1 heteroatoms. The molecule has 0 radical (unpaired) electrons. The molecule has 1 atom stereocenters. The minimum atomic E-state index is 0.534. The van der Waals surface area contributed by atoms with Crippen LogP contribution in [0.15, 0.2) is 54.6 Å². The lowest BCUT2D eigenvalue weighted by molar-refractivity contribution is 0.514. The third-order valence-electron chi connectivity index (χ3n) is 3.82. The first-order chi connectivity index (χ1) is 10.1. The maximum atomic E-state index is 3.62. The van der Waals surface area contributed by atoms with E-state index >= 15 is 0 Å². The molecule has 0 saturated heterocycles. The number of hydrogen-bond donors (Lipinski definition) is 1. The molecule has 0 bridgehead atoms. The van der Waals surface area contributed by atoms with E-state index in [-0.39, 0.29) is 0 Å². The van der Waals surface area contributed by atoms with Crippen LogP contribution in [-0.4, -0.2) is 13.1 Å². The van der Waals surface area contributed by atoms with Crippen LogP contribution in [0.3, 0.4) is 0 Å². The van der Waals surface area contributed by atoms with E-state index < -0.39 is 0 Å². The van der Waals surface area contributed by atoms with Crippen molar-refractivity contribution < 1.29 is 0 Å². The van der Waals surface area contributed by atoms with Crippen LogP contribution >= 0.6 is 0 Å². The number of rotatable bonds is 7. The molecule has 21 heavy (non-hydrogen) atoms. The van der Waals surface area contributed by atoms with Gasteiger partial charge >= 0.3 is 0 Å². The topological polar surface area (TPSA) is 12.0 Å². The van der Waals surface area contributed by atoms with Crippen molar-refractivity contribution in [2.45, 2.75) is 33.1 Å². The number of benzene rings is 2. The van der Waals surface area contributed by atoms with Crippen molar-refractivity contribution in [1.82, 2.24) is 5.32 Å². The fourth-order valence-corrected chi connectivity index (χ4v) is 2.59. The quantitative estimate of drug-likeness (QED) is 0.784. The van der Waals surface area contributed by atoms with Gasteiger partial charge in [0.2, 0.25) is 0 Å². The zero-order valence-electron chi connectivity index (χ0n) is 13.5. The molecule has 0 spiro atoms. The van der Waals surface area contributed by atoms with Gasteiger partial charge in [-0.25, -0.2) is 0 Å². The molecular weight excluding hydrogens is 254 g/mol. The van der Waals surface area contributed by atoms with Gasteiger partial charge < -0.3 is 5.32 Å². The van der Waals surface area contributed by atoms with E-state index in [0.717, 1.165) is 19.5 Å². The first kappa shape index (κ1) is 15.8. The predicted octanol–water partition coefficient (Wildman–Crippen LogP) is 4.57. The molecular formula is C20H27N. The maximum absolute atomic E-state index is 3.62. The van der Waals surface area contributed by atoms with Gasteiger partial charge in [0.05, 0.1) is 0 Å². The van der Waals surface area contributed by atoms with Crippen LogP contribution in [0.25, 0.3) is 0 Å². The molecule has 0 aliphatic carbocycles. The Hall–Kier alpha value is -1.60. The van der Waals surface area contributed by atoms with Crippen molar-refractivity contribution in [3.05, 3.63) is 71.3 Å². The Morgan fingerprint density at radius 2 is 1.52 bits per heavy atom. The van der Waals surface area contributed by atoms with Crippen LogP contribution in [0, 0.1) is 12.8 Å². The second-order valence-electron chi connectivity index (χ2n) is 6.35. The standard InChI is InChI=1S/C20H27N/c1-16(2)14-21-15-20(13-18-7-5-4-6-8-18)19-11-9-17(3)10-12-19/h4-12,16,20-21H,13-15H2,1-3H3. The second-order valence-corrected chi connectivity index (χ2v) is 6.35. The van der Waals surface area contributed by atoms with E-state index in [0.29, 0.717) is 11.8 Å². The van der Waals surface area contributed by atoms with Crippen LogP contribution < -0.4 is 5.32 Å². The number of nitrogens with one attached hydrogen (secondary N) is 1. The monoisotopic (exact) mass is 281 g/mol. The average molecular weight is 281 g/mol. The van der Waals surface area contributed by atoms with E-state index in [9.17, 15) is 0 Å². The van der Waals surface area contributed by atoms with Crippen LogP contribution in [0.1, 0.15) is 36.5 Å². The van der Waals surface area contributed by atoms with Crippen LogP contribution in [0.5, 0.6) is 0 Å². The predicted molar refractivity (Wildman–Crippen MR) is 91.8 cm³/mol. The highest BCUT2D eigenvalue weighted by atomic mass is 14.9. The Kier molecular flexibility index (Phi) is 6.01. The van der Waals surface area contributed by atoms with Crippen molar-refractivity contribution in [2.24, 2.45) is 5.92 Å². The van der Waals surface area contributed by atoms with Gasteiger partial charge in [-0.3, -0.25) is 0 Å². The Balaban J connectivity index is 2.08. The van der Waals surface area contributed by atoms with Gasteiger partial charge in [0.15, 0.2) is 0 Å². The molecule has 2 aromatic carbocycles. The summed E-state index contributed by atoms with van der Waals surface area (Å²) in [7, 11) is 0. The largest absolute Gasteiger partial charge is 0.316 e. The van der Waals surface area contributed by atoms with E-state index in [4.69, 9.17) is 0 Å². The third-order valence-corrected chi connectivity index (χ3v) is 3.82. The Morgan fingerprint density at radius 3 is 2.14 bits per heavy atom. The van der Waals surface area contributed by atoms with Crippen molar-refractivity contribution in [1.29, 1.82) is 0 Å². The molecule has 0 aliphatic rings. The van der Waals surface area contributed by atoms with Crippen molar-refractivity contribution in [3.63, 3.8) is 0 Å². The Labute approximate surface area is 129 Å². The van der Waals surface area contributed by atoms with Gasteiger partial charge in [0.25, 0.3) is 0 Å². The molecule has 0 saturated carbocycles. The second kappa shape index (κ2) is 7.99. The molecule has 0 fully saturated rings. The Morgan fingerprint density at radius 1 is 0.857 bits per heavy atom. The zero-order valence-corrected chi connectivity index (χ0v) is 13.5. The fourth-order valence-electron chi connectivity index (χ4n) is 2.59. The molecule has 112 valence electrons. The number of hydrogen-bond acceptors (Lipinski definition) is 1. The van der Waals surface area contributed by atoms with Crippen LogP contribution in [-0.2, 0) is 6.42 Å². The zero-order chi connectivity index (χ0) is 15.1. The van der Waals surface area contributed by atoms with Crippen LogP contribution in [0.2, 0.25) is 0 Å². The first-order valence-corrected chi connectivity index (χ1v) is 7.96. The highest BCUT2D eigenvalue weighted by Gasteiger charge is 2.12. The van der Waals surface area contributed by atoms with Gasteiger partial charge in [0, 0.05) is 12.5 Å². The lowest BCUT2D eigenvalue weighted by Gasteiger charge is -2.19. The molecule has 0 amide bonds. The van der Waals surface area contributed by atoms with Gasteiger partial charge in [-0.05, 0) is 36.9 Å². The molecule has 1 nitrogen and oxygen atoms in total. The van der Waals surface area contributed by atoms with E-state index in [2.05, 4.69) is 80.7 Å². The summed E-state index contributed by atoms with van der Waals surface area (Å²) in [4.78, 5) is 0. The summed E-state index contributed by atoms with van der Waals surface area (Å²) in [5, 5.41) is 3.62. The summed E-state index contributed by atoms with van der Waals surface area (Å²) in [5.74, 6) is 1.23. The van der Waals surface area contributed by atoms with E-state index in [1.165, 1.54) is 16.7 Å². The number of aryl methyl sites for hydroxylation is 1. The molecule has 1 N–H and O–H groups in total. The molecule has 2 aromatic rings. The average Bonchev–Trinajstić information content (AvgIpc) is 2.48. The SMILES string of the molecule is Cc1ccc(C(CNCC(C)C)Cc2ccccc2)cc1. The molecule has 2 rings (SSSR count). The summed E-state index contributed by atoms with van der Waals surface area (Å²) in [5.41, 5.74) is 4.17. The van der Waals surface area contributed by atoms with Crippen molar-refractivity contribution in [2.75, 3.05) is 13.1 Å². The van der Waals surface area contributed by atoms with Gasteiger partial charge in [-0.1, -0.05) is 74.0 Å². The van der Waals surface area contributed by atoms with Crippen LogP contribution in [0.4, 0.5) is 0 Å². The lowest BCUT2D eigenvalue weighted by Crippen LogP contribution is -2.26. The maximum Gasteiger partial charge on any atom is 0.00234 e. The smallest absolute Gasteiger partial charge is 0.00234 e. The summed E-state index contributed by atoms with van der Waals surface area (Å²) in [6.45, 7) is 8.77. The summed E-state index contributed by atoms with van der Waals surface area (Å²) < 4.78 is 0. The van der Waals surface area contributed by atoms with Crippen molar-refractivity contribution >= 4 is 0 Å². The van der Waals surface area contributed by atoms with Gasteiger partial charge in [-0.15, -0.1) is 0 Å². The highest BCUT2D eigenvalue weighted by molar-refractivity contribution is 5.27. The first-order valence-electron chi connectivity index (χ1n) is 7.96. The summed E-state index contributed by atoms with van der Waals surface area (Å²) >= 11 is 0. The van der Waals surface area contributed by atoms with Gasteiger partial charge in [0.1, 0.15) is 0 Å².